The van der Waals surface area contributed by atoms with E-state index in [9.17, 15) is 14.4 Å². The number of rotatable bonds is 3. The number of aromatic nitrogens is 3. The van der Waals surface area contributed by atoms with Crippen molar-refractivity contribution in [3.63, 3.8) is 0 Å². The van der Waals surface area contributed by atoms with Crippen LogP contribution >= 0.6 is 0 Å². The first-order valence-electron chi connectivity index (χ1n) is 6.40. The van der Waals surface area contributed by atoms with E-state index in [1.54, 1.807) is 30.3 Å². The Labute approximate surface area is 124 Å². The van der Waals surface area contributed by atoms with Gasteiger partial charge in [-0.1, -0.05) is 18.2 Å². The highest BCUT2D eigenvalue weighted by atomic mass is 16.4. The average molecular weight is 301 g/mol. The predicted octanol–water partition coefficient (Wildman–Crippen LogP) is 0.498. The molecule has 0 aliphatic carbocycles. The highest BCUT2D eigenvalue weighted by Crippen LogP contribution is 2.24. The summed E-state index contributed by atoms with van der Waals surface area (Å²) in [5.74, 6) is -2.76. The van der Waals surface area contributed by atoms with E-state index in [0.29, 0.717) is 5.69 Å². The van der Waals surface area contributed by atoms with Gasteiger partial charge in [0, 0.05) is 5.69 Å². The summed E-state index contributed by atoms with van der Waals surface area (Å²) in [6.07, 6.45) is -0.145. The Kier molecular flexibility index (Phi) is 3.30. The molecule has 3 N–H and O–H groups in total. The molecule has 1 aliphatic heterocycles. The Bertz CT molecular complexity index is 755. The molecule has 1 aromatic heterocycles. The molecule has 0 fully saturated rings. The van der Waals surface area contributed by atoms with E-state index in [2.05, 4.69) is 20.7 Å². The van der Waals surface area contributed by atoms with Crippen molar-refractivity contribution in [2.75, 3.05) is 10.6 Å². The Hall–Kier alpha value is -3.23. The molecule has 9 heteroatoms. The number of hydrogen-bond acceptors (Lipinski definition) is 5. The minimum absolute atomic E-state index is 0.0538. The van der Waals surface area contributed by atoms with E-state index < -0.39 is 29.6 Å². The monoisotopic (exact) mass is 301 g/mol. The zero-order valence-corrected chi connectivity index (χ0v) is 11.2. The van der Waals surface area contributed by atoms with E-state index in [1.165, 1.54) is 0 Å². The third-order valence-electron chi connectivity index (χ3n) is 3.09. The van der Waals surface area contributed by atoms with Crippen LogP contribution in [0.2, 0.25) is 0 Å². The number of benzene rings is 1. The van der Waals surface area contributed by atoms with Gasteiger partial charge in [0.15, 0.2) is 0 Å². The average Bonchev–Trinajstić information content (AvgIpc) is 2.91. The highest BCUT2D eigenvalue weighted by Gasteiger charge is 2.34. The minimum atomic E-state index is -1.33. The molecule has 0 spiro atoms. The second-order valence-electron chi connectivity index (χ2n) is 4.63. The molecule has 1 aromatic carbocycles. The second-order valence-corrected chi connectivity index (χ2v) is 4.63. The van der Waals surface area contributed by atoms with Crippen LogP contribution in [0.25, 0.3) is 0 Å². The number of nitrogens with one attached hydrogen (secondary N) is 2. The lowest BCUT2D eigenvalue weighted by atomic mass is 10.1. The largest absolute Gasteiger partial charge is 0.475 e. The van der Waals surface area contributed by atoms with Gasteiger partial charge in [0.1, 0.15) is 6.04 Å². The molecule has 3 rings (SSSR count). The number of anilines is 2. The van der Waals surface area contributed by atoms with Crippen molar-refractivity contribution in [2.24, 2.45) is 0 Å². The Morgan fingerprint density at radius 1 is 1.32 bits per heavy atom. The number of aromatic carboxylic acids is 1. The van der Waals surface area contributed by atoms with Crippen molar-refractivity contribution in [3.8, 4) is 0 Å². The minimum Gasteiger partial charge on any atom is -0.475 e. The highest BCUT2D eigenvalue weighted by molar-refractivity contribution is 6.01. The second kappa shape index (κ2) is 5.28. The fraction of sp³-hybridized carbons (Fsp3) is 0.154. The summed E-state index contributed by atoms with van der Waals surface area (Å²) in [5, 5.41) is 17.7. The van der Waals surface area contributed by atoms with Crippen LogP contribution in [0.4, 0.5) is 11.6 Å². The van der Waals surface area contributed by atoms with Gasteiger partial charge in [0.25, 0.3) is 5.82 Å². The van der Waals surface area contributed by atoms with E-state index in [4.69, 9.17) is 5.11 Å². The van der Waals surface area contributed by atoms with Gasteiger partial charge in [0.05, 0.1) is 6.42 Å². The smallest absolute Gasteiger partial charge is 0.375 e. The van der Waals surface area contributed by atoms with Gasteiger partial charge >= 0.3 is 5.97 Å². The van der Waals surface area contributed by atoms with E-state index in [1.807, 2.05) is 0 Å². The lowest BCUT2D eigenvalue weighted by Gasteiger charge is -2.22. The number of para-hydroxylation sites is 1. The number of carbonyl (C=O) groups excluding carboxylic acids is 2. The maximum Gasteiger partial charge on any atom is 0.375 e. The molecule has 1 aliphatic rings. The number of carboxylic acids is 1. The van der Waals surface area contributed by atoms with Crippen LogP contribution in [0.3, 0.4) is 0 Å². The topological polar surface area (TPSA) is 126 Å². The van der Waals surface area contributed by atoms with Crippen LogP contribution < -0.4 is 10.6 Å². The Balaban J connectivity index is 1.89. The van der Waals surface area contributed by atoms with Gasteiger partial charge in [0.2, 0.25) is 17.8 Å². The van der Waals surface area contributed by atoms with Crippen LogP contribution in [-0.4, -0.2) is 37.7 Å². The SMILES string of the molecule is O=C1C[C@H](C(=O)Nc2ccccc2)n2nc(C(=O)O)nc2N1. The van der Waals surface area contributed by atoms with Gasteiger partial charge in [-0.25, -0.2) is 9.48 Å². The third kappa shape index (κ3) is 2.51. The molecule has 1 atom stereocenters. The summed E-state index contributed by atoms with van der Waals surface area (Å²) >= 11 is 0. The lowest BCUT2D eigenvalue weighted by Crippen LogP contribution is -2.36. The Morgan fingerprint density at radius 3 is 2.73 bits per heavy atom. The maximum absolute atomic E-state index is 12.3. The molecule has 9 nitrogen and oxygen atoms in total. The first kappa shape index (κ1) is 13.7. The summed E-state index contributed by atoms with van der Waals surface area (Å²) in [5.41, 5.74) is 0.568. The van der Waals surface area contributed by atoms with Crippen molar-refractivity contribution < 1.29 is 19.5 Å². The molecule has 2 aromatic rings. The number of fused-ring (bicyclic) bond motifs is 1. The fourth-order valence-corrected chi connectivity index (χ4v) is 2.11. The van der Waals surface area contributed by atoms with Crippen LogP contribution in [0.5, 0.6) is 0 Å². The number of carboxylic acid groups (broad SMARTS) is 1. The molecule has 0 saturated carbocycles. The van der Waals surface area contributed by atoms with Crippen LogP contribution in [0.1, 0.15) is 23.1 Å². The third-order valence-corrected chi connectivity index (χ3v) is 3.09. The first-order valence-corrected chi connectivity index (χ1v) is 6.40. The van der Waals surface area contributed by atoms with Gasteiger partial charge in [-0.3, -0.25) is 14.9 Å². The normalized spacial score (nSPS) is 16.5. The molecule has 0 bridgehead atoms. The van der Waals surface area contributed by atoms with Crippen molar-refractivity contribution >= 4 is 29.4 Å². The van der Waals surface area contributed by atoms with Crippen molar-refractivity contribution in [2.45, 2.75) is 12.5 Å². The van der Waals surface area contributed by atoms with Crippen molar-refractivity contribution in [1.82, 2.24) is 14.8 Å². The number of carbonyl (C=O) groups is 3. The number of amides is 2. The zero-order chi connectivity index (χ0) is 15.7. The van der Waals surface area contributed by atoms with Gasteiger partial charge < -0.3 is 10.4 Å². The summed E-state index contributed by atoms with van der Waals surface area (Å²) in [4.78, 5) is 38.6. The Morgan fingerprint density at radius 2 is 2.05 bits per heavy atom. The molecule has 0 radical (unpaired) electrons. The van der Waals surface area contributed by atoms with E-state index >= 15 is 0 Å². The molecular weight excluding hydrogens is 290 g/mol. The molecule has 0 saturated heterocycles. The summed E-state index contributed by atoms with van der Waals surface area (Å²) < 4.78 is 1.11. The van der Waals surface area contributed by atoms with Gasteiger partial charge in [-0.15, -0.1) is 5.10 Å². The van der Waals surface area contributed by atoms with Crippen LogP contribution in [0.15, 0.2) is 30.3 Å². The zero-order valence-electron chi connectivity index (χ0n) is 11.2. The standard InChI is InChI=1S/C13H11N5O4/c19-9-6-8(11(20)14-7-4-2-1-3-5-7)18-13(15-9)16-10(17-18)12(21)22/h1-5,8H,6H2,(H,14,20)(H,21,22)(H,15,16,17,19)/t8-/m1/s1. The van der Waals surface area contributed by atoms with E-state index in [-0.39, 0.29) is 12.4 Å². The van der Waals surface area contributed by atoms with Crippen LogP contribution in [0, 0.1) is 0 Å². The van der Waals surface area contributed by atoms with Crippen LogP contribution in [-0.2, 0) is 9.59 Å². The van der Waals surface area contributed by atoms with Crippen molar-refractivity contribution in [1.29, 1.82) is 0 Å². The summed E-state index contributed by atoms with van der Waals surface area (Å²) in [6, 6.07) is 7.76. The molecule has 112 valence electrons. The van der Waals surface area contributed by atoms with E-state index in [0.717, 1.165) is 4.68 Å². The molecule has 22 heavy (non-hydrogen) atoms. The number of hydrogen-bond donors (Lipinski definition) is 3. The van der Waals surface area contributed by atoms with Crippen molar-refractivity contribution in [3.05, 3.63) is 36.2 Å². The lowest BCUT2D eigenvalue weighted by molar-refractivity contribution is -0.125. The summed E-state index contributed by atoms with van der Waals surface area (Å²) in [6.45, 7) is 0. The fourth-order valence-electron chi connectivity index (χ4n) is 2.11. The quantitative estimate of drug-likeness (QED) is 0.757. The molecule has 0 unspecified atom stereocenters. The first-order chi connectivity index (χ1) is 10.5. The predicted molar refractivity (Wildman–Crippen MR) is 74.3 cm³/mol. The number of nitrogens with zero attached hydrogens (tertiary/aromatic N) is 3. The molecular formula is C13H11N5O4. The van der Waals surface area contributed by atoms with Gasteiger partial charge in [-0.2, -0.15) is 4.98 Å². The van der Waals surface area contributed by atoms with Gasteiger partial charge in [-0.05, 0) is 12.1 Å². The molecule has 2 amide bonds. The summed E-state index contributed by atoms with van der Waals surface area (Å²) in [7, 11) is 0. The maximum atomic E-state index is 12.3. The molecule has 2 heterocycles.